The maximum absolute atomic E-state index is 12.4. The molecule has 0 spiro atoms. The molecule has 1 aliphatic rings. The minimum Gasteiger partial charge on any atom is -0.334 e. The molecule has 116 valence electrons. The third kappa shape index (κ3) is 3.42. The Hall–Kier alpha value is -1.44. The first-order valence-electron chi connectivity index (χ1n) is 6.95. The summed E-state index contributed by atoms with van der Waals surface area (Å²) in [6.45, 7) is 3.36. The van der Waals surface area contributed by atoms with Crippen LogP contribution in [0.25, 0.3) is 0 Å². The van der Waals surface area contributed by atoms with Crippen molar-refractivity contribution in [1.29, 1.82) is 0 Å². The molecule has 0 aromatic heterocycles. The molecule has 0 unspecified atom stereocenters. The number of nitrogens with one attached hydrogen (secondary N) is 1. The number of hydrogen-bond donors (Lipinski definition) is 1. The average Bonchev–Trinajstić information content (AvgIpc) is 2.47. The quantitative estimate of drug-likeness (QED) is 0.771. The number of sulfonamides is 1. The van der Waals surface area contributed by atoms with Crippen LogP contribution in [0.3, 0.4) is 0 Å². The lowest BCUT2D eigenvalue weighted by Gasteiger charge is -2.30. The van der Waals surface area contributed by atoms with Crippen molar-refractivity contribution in [3.63, 3.8) is 0 Å². The van der Waals surface area contributed by atoms with Crippen molar-refractivity contribution in [2.75, 3.05) is 47.3 Å². The summed E-state index contributed by atoms with van der Waals surface area (Å²) in [5, 5.41) is 0. The van der Waals surface area contributed by atoms with E-state index >= 15 is 0 Å². The highest BCUT2D eigenvalue weighted by Gasteiger charge is 2.23. The maximum atomic E-state index is 12.4. The molecule has 1 N–H and O–H groups in total. The molecule has 0 saturated carbocycles. The second-order valence-electron chi connectivity index (χ2n) is 5.56. The number of carbonyl (C=O) groups is 1. The predicted octanol–water partition coefficient (Wildman–Crippen LogP) is -1.09. The van der Waals surface area contributed by atoms with E-state index in [4.69, 9.17) is 0 Å². The fourth-order valence-electron chi connectivity index (χ4n) is 2.25. The van der Waals surface area contributed by atoms with Gasteiger partial charge in [-0.1, -0.05) is 0 Å². The van der Waals surface area contributed by atoms with E-state index in [-0.39, 0.29) is 10.8 Å². The summed E-state index contributed by atoms with van der Waals surface area (Å²) < 4.78 is 25.1. The van der Waals surface area contributed by atoms with Crippen LogP contribution in [-0.4, -0.2) is 70.9 Å². The summed E-state index contributed by atoms with van der Waals surface area (Å²) in [4.78, 5) is 15.8. The van der Waals surface area contributed by atoms with Crippen LogP contribution in [0.4, 0.5) is 0 Å². The molecular weight excluding hydrogens is 290 g/mol. The Labute approximate surface area is 126 Å². The first-order valence-corrected chi connectivity index (χ1v) is 8.39. The van der Waals surface area contributed by atoms with Gasteiger partial charge in [0, 0.05) is 19.7 Å². The number of nitrogens with zero attached hydrogens (tertiary/aromatic N) is 2. The zero-order valence-electron chi connectivity index (χ0n) is 12.7. The van der Waals surface area contributed by atoms with Crippen molar-refractivity contribution in [2.24, 2.45) is 0 Å². The van der Waals surface area contributed by atoms with E-state index < -0.39 is 10.0 Å². The second kappa shape index (κ2) is 6.13. The molecule has 1 fully saturated rings. The minimum absolute atomic E-state index is 0.0312. The van der Waals surface area contributed by atoms with Crippen molar-refractivity contribution < 1.29 is 18.1 Å². The van der Waals surface area contributed by atoms with Crippen molar-refractivity contribution in [3.05, 3.63) is 29.8 Å². The van der Waals surface area contributed by atoms with E-state index in [9.17, 15) is 13.2 Å². The number of benzene rings is 1. The molecule has 0 radical (unpaired) electrons. The Bertz CT molecular complexity index is 603. The van der Waals surface area contributed by atoms with Crippen LogP contribution in [0.1, 0.15) is 10.4 Å². The topological polar surface area (TPSA) is 62.1 Å². The summed E-state index contributed by atoms with van der Waals surface area (Å²) in [7, 11) is 1.64. The van der Waals surface area contributed by atoms with Crippen LogP contribution in [0.2, 0.25) is 0 Å². The lowest BCUT2D eigenvalue weighted by Crippen LogP contribution is -3.12. The molecule has 1 heterocycles. The van der Waals surface area contributed by atoms with Crippen molar-refractivity contribution in [3.8, 4) is 0 Å². The molecule has 0 aliphatic carbocycles. The van der Waals surface area contributed by atoms with Crippen molar-refractivity contribution >= 4 is 15.9 Å². The summed E-state index contributed by atoms with van der Waals surface area (Å²) >= 11 is 0. The first-order chi connectivity index (χ1) is 9.82. The summed E-state index contributed by atoms with van der Waals surface area (Å²) in [6, 6.07) is 6.15. The van der Waals surface area contributed by atoms with E-state index in [1.807, 2.05) is 4.90 Å². The lowest BCUT2D eigenvalue weighted by molar-refractivity contribution is -0.883. The van der Waals surface area contributed by atoms with Crippen LogP contribution in [0.15, 0.2) is 29.2 Å². The Morgan fingerprint density at radius 2 is 1.67 bits per heavy atom. The number of piperazine rings is 1. The van der Waals surface area contributed by atoms with Gasteiger partial charge in [-0.15, -0.1) is 0 Å². The molecular formula is C14H22N3O3S+. The number of quaternary nitrogens is 1. The zero-order valence-corrected chi connectivity index (χ0v) is 13.5. The van der Waals surface area contributed by atoms with Gasteiger partial charge in [0.1, 0.15) is 0 Å². The number of likely N-dealkylation sites (N-methyl/N-ethyl adjacent to an activating group) is 1. The second-order valence-corrected chi connectivity index (χ2v) is 7.71. The predicted molar refractivity (Wildman–Crippen MR) is 79.8 cm³/mol. The van der Waals surface area contributed by atoms with Crippen LogP contribution in [-0.2, 0) is 10.0 Å². The van der Waals surface area contributed by atoms with Crippen LogP contribution in [0.5, 0.6) is 0 Å². The van der Waals surface area contributed by atoms with Gasteiger partial charge in [0.05, 0.1) is 38.1 Å². The van der Waals surface area contributed by atoms with Gasteiger partial charge in [-0.3, -0.25) is 4.79 Å². The largest absolute Gasteiger partial charge is 0.334 e. The Kier molecular flexibility index (Phi) is 4.65. The standard InChI is InChI=1S/C14H21N3O3S/c1-15(2)21(19,20)13-6-4-12(5-7-13)14(18)17-10-8-16(3)9-11-17/h4-7H,8-11H2,1-3H3/p+1. The van der Waals surface area contributed by atoms with E-state index in [1.165, 1.54) is 31.1 Å². The summed E-state index contributed by atoms with van der Waals surface area (Å²) in [5.41, 5.74) is 0.534. The summed E-state index contributed by atoms with van der Waals surface area (Å²) in [6.07, 6.45) is 0. The highest BCUT2D eigenvalue weighted by molar-refractivity contribution is 7.89. The van der Waals surface area contributed by atoms with Gasteiger partial charge in [0.15, 0.2) is 0 Å². The van der Waals surface area contributed by atoms with Gasteiger partial charge < -0.3 is 9.80 Å². The molecule has 1 saturated heterocycles. The number of hydrogen-bond acceptors (Lipinski definition) is 3. The smallest absolute Gasteiger partial charge is 0.254 e. The van der Waals surface area contributed by atoms with Crippen molar-refractivity contribution in [2.45, 2.75) is 4.90 Å². The molecule has 1 aromatic carbocycles. The van der Waals surface area contributed by atoms with Crippen LogP contribution in [0, 0.1) is 0 Å². The van der Waals surface area contributed by atoms with Gasteiger partial charge in [0.25, 0.3) is 5.91 Å². The maximum Gasteiger partial charge on any atom is 0.254 e. The average molecular weight is 312 g/mol. The molecule has 0 atom stereocenters. The fourth-order valence-corrected chi connectivity index (χ4v) is 3.16. The molecule has 1 amide bonds. The van der Waals surface area contributed by atoms with Crippen LogP contribution >= 0.6 is 0 Å². The molecule has 1 aromatic rings. The normalized spacial score (nSPS) is 17.2. The Balaban J connectivity index is 2.14. The monoisotopic (exact) mass is 312 g/mol. The van der Waals surface area contributed by atoms with Gasteiger partial charge in [0.2, 0.25) is 10.0 Å². The van der Waals surface area contributed by atoms with E-state index in [0.29, 0.717) is 5.56 Å². The third-order valence-electron chi connectivity index (χ3n) is 3.78. The Morgan fingerprint density at radius 1 is 1.14 bits per heavy atom. The molecule has 0 bridgehead atoms. The van der Waals surface area contributed by atoms with Crippen LogP contribution < -0.4 is 4.90 Å². The number of carbonyl (C=O) groups excluding carboxylic acids is 1. The Morgan fingerprint density at radius 3 is 2.14 bits per heavy atom. The van der Waals surface area contributed by atoms with E-state index in [0.717, 1.165) is 30.5 Å². The van der Waals surface area contributed by atoms with E-state index in [1.54, 1.807) is 12.1 Å². The summed E-state index contributed by atoms with van der Waals surface area (Å²) in [5.74, 6) is -0.0312. The number of amides is 1. The molecule has 6 nitrogen and oxygen atoms in total. The zero-order chi connectivity index (χ0) is 15.6. The van der Waals surface area contributed by atoms with Gasteiger partial charge in [-0.25, -0.2) is 12.7 Å². The van der Waals surface area contributed by atoms with E-state index in [2.05, 4.69) is 7.05 Å². The first kappa shape index (κ1) is 15.9. The number of rotatable bonds is 3. The van der Waals surface area contributed by atoms with Crippen molar-refractivity contribution in [1.82, 2.24) is 9.21 Å². The molecule has 1 aliphatic heterocycles. The molecule has 21 heavy (non-hydrogen) atoms. The fraction of sp³-hybridized carbons (Fsp3) is 0.500. The minimum atomic E-state index is -3.45. The highest BCUT2D eigenvalue weighted by atomic mass is 32.2. The molecule has 7 heteroatoms. The lowest BCUT2D eigenvalue weighted by atomic mass is 10.2. The highest BCUT2D eigenvalue weighted by Crippen LogP contribution is 2.15. The van der Waals surface area contributed by atoms with Gasteiger partial charge in [-0.05, 0) is 24.3 Å². The third-order valence-corrected chi connectivity index (χ3v) is 5.61. The van der Waals surface area contributed by atoms with Gasteiger partial charge >= 0.3 is 0 Å². The molecule has 2 rings (SSSR count). The SMILES string of the molecule is CN(C)S(=O)(=O)c1ccc(C(=O)N2CC[NH+](C)CC2)cc1. The van der Waals surface area contributed by atoms with Gasteiger partial charge in [-0.2, -0.15) is 0 Å².